The number of hydrogen-bond donors (Lipinski definition) is 0. The zero-order chi connectivity index (χ0) is 24.9. The number of aromatic nitrogens is 1. The van der Waals surface area contributed by atoms with E-state index in [4.69, 9.17) is 9.72 Å². The van der Waals surface area contributed by atoms with Crippen LogP contribution >= 0.6 is 11.3 Å². The number of methoxy groups -OCH3 is 1. The summed E-state index contributed by atoms with van der Waals surface area (Å²) in [5.74, 6) is 0.411. The maximum atomic E-state index is 13.2. The van der Waals surface area contributed by atoms with Gasteiger partial charge in [0.2, 0.25) is 5.91 Å². The van der Waals surface area contributed by atoms with E-state index < -0.39 is 9.84 Å². The third kappa shape index (κ3) is 6.55. The first-order valence-electron chi connectivity index (χ1n) is 11.3. The SMILES string of the molecule is COc1ccc(S(=O)(=O)CCCC(=O)N(CCCN(C)C)c2nc3cc(C)c(C)cc3s2)cc1. The normalized spacial score (nSPS) is 11.8. The molecule has 0 aliphatic rings. The highest BCUT2D eigenvalue weighted by Gasteiger charge is 2.21. The number of carbonyl (C=O) groups is 1. The van der Waals surface area contributed by atoms with Gasteiger partial charge in [-0.3, -0.25) is 9.69 Å². The van der Waals surface area contributed by atoms with Gasteiger partial charge < -0.3 is 9.64 Å². The summed E-state index contributed by atoms with van der Waals surface area (Å²) in [5, 5.41) is 0.668. The van der Waals surface area contributed by atoms with Crippen LogP contribution in [-0.4, -0.2) is 64.3 Å². The maximum absolute atomic E-state index is 13.2. The van der Waals surface area contributed by atoms with Crippen LogP contribution in [0.15, 0.2) is 41.3 Å². The van der Waals surface area contributed by atoms with E-state index in [0.29, 0.717) is 17.4 Å². The van der Waals surface area contributed by atoms with Crippen LogP contribution in [0.5, 0.6) is 5.75 Å². The molecule has 0 aliphatic heterocycles. The van der Waals surface area contributed by atoms with Crippen LogP contribution in [-0.2, 0) is 14.6 Å². The summed E-state index contributed by atoms with van der Waals surface area (Å²) in [4.78, 5) is 22.0. The second kappa shape index (κ2) is 11.3. The summed E-state index contributed by atoms with van der Waals surface area (Å²) in [7, 11) is 2.06. The summed E-state index contributed by atoms with van der Waals surface area (Å²) in [5.41, 5.74) is 3.24. The number of nitrogens with zero attached hydrogens (tertiary/aromatic N) is 3. The highest BCUT2D eigenvalue weighted by Crippen LogP contribution is 2.31. The summed E-state index contributed by atoms with van der Waals surface area (Å²) in [6.07, 6.45) is 1.20. The standard InChI is InChI=1S/C25H33N3O4S2/c1-18-16-22-23(17-19(18)2)33-25(26-22)28(14-7-13-27(3)4)24(29)8-6-15-34(30,31)21-11-9-20(32-5)10-12-21/h9-12,16-17H,6-8,13-15H2,1-5H3. The van der Waals surface area contributed by atoms with Gasteiger partial charge in [0.15, 0.2) is 15.0 Å². The lowest BCUT2D eigenvalue weighted by atomic mass is 10.1. The first kappa shape index (κ1) is 26.1. The fourth-order valence-electron chi connectivity index (χ4n) is 3.60. The van der Waals surface area contributed by atoms with Crippen molar-refractivity contribution in [2.75, 3.05) is 44.9 Å². The highest BCUT2D eigenvalue weighted by atomic mass is 32.2. The number of benzene rings is 2. The molecule has 9 heteroatoms. The molecule has 2 aromatic carbocycles. The Hall–Kier alpha value is -2.49. The minimum Gasteiger partial charge on any atom is -0.497 e. The van der Waals surface area contributed by atoms with Crippen molar-refractivity contribution >= 4 is 42.4 Å². The molecule has 1 heterocycles. The highest BCUT2D eigenvalue weighted by molar-refractivity contribution is 7.91. The Labute approximate surface area is 206 Å². The van der Waals surface area contributed by atoms with Crippen LogP contribution in [0.2, 0.25) is 0 Å². The van der Waals surface area contributed by atoms with Crippen molar-refractivity contribution in [2.24, 2.45) is 0 Å². The quantitative estimate of drug-likeness (QED) is 0.384. The van der Waals surface area contributed by atoms with Crippen molar-refractivity contribution in [1.82, 2.24) is 9.88 Å². The Morgan fingerprint density at radius 3 is 2.35 bits per heavy atom. The van der Waals surface area contributed by atoms with Crippen LogP contribution in [0.4, 0.5) is 5.13 Å². The minimum absolute atomic E-state index is 0.0885. The van der Waals surface area contributed by atoms with E-state index in [9.17, 15) is 13.2 Å². The zero-order valence-electron chi connectivity index (χ0n) is 20.5. The number of ether oxygens (including phenoxy) is 1. The Bertz CT molecular complexity index is 1200. The average molecular weight is 504 g/mol. The molecule has 0 saturated heterocycles. The maximum Gasteiger partial charge on any atom is 0.228 e. The number of fused-ring (bicyclic) bond motifs is 1. The first-order chi connectivity index (χ1) is 16.1. The monoisotopic (exact) mass is 503 g/mol. The van der Waals surface area contributed by atoms with Crippen molar-refractivity contribution in [1.29, 1.82) is 0 Å². The largest absolute Gasteiger partial charge is 0.497 e. The smallest absolute Gasteiger partial charge is 0.228 e. The summed E-state index contributed by atoms with van der Waals surface area (Å²) in [6.45, 7) is 5.51. The molecular formula is C25H33N3O4S2. The van der Waals surface area contributed by atoms with Crippen LogP contribution in [0.3, 0.4) is 0 Å². The van der Waals surface area contributed by atoms with Gasteiger partial charge in [0.1, 0.15) is 5.75 Å². The van der Waals surface area contributed by atoms with Gasteiger partial charge in [0.05, 0.1) is 28.0 Å². The third-order valence-corrected chi connectivity index (χ3v) is 8.59. The fraction of sp³-hybridized carbons (Fsp3) is 0.440. The predicted molar refractivity (Wildman–Crippen MR) is 139 cm³/mol. The van der Waals surface area contributed by atoms with Crippen LogP contribution in [0, 0.1) is 13.8 Å². The van der Waals surface area contributed by atoms with E-state index in [1.807, 2.05) is 14.1 Å². The molecule has 0 aliphatic carbocycles. The van der Waals surface area contributed by atoms with Gasteiger partial charge in [-0.15, -0.1) is 0 Å². The second-order valence-corrected chi connectivity index (χ2v) is 11.8. The first-order valence-corrected chi connectivity index (χ1v) is 13.8. The van der Waals surface area contributed by atoms with E-state index in [1.165, 1.54) is 41.7 Å². The molecule has 0 atom stereocenters. The summed E-state index contributed by atoms with van der Waals surface area (Å²) >= 11 is 1.51. The molecule has 1 amide bonds. The molecule has 0 bridgehead atoms. The molecule has 0 radical (unpaired) electrons. The number of hydrogen-bond acceptors (Lipinski definition) is 7. The van der Waals surface area contributed by atoms with Crippen LogP contribution in [0.25, 0.3) is 10.2 Å². The minimum atomic E-state index is -3.48. The molecule has 1 aromatic heterocycles. The Morgan fingerprint density at radius 2 is 1.71 bits per heavy atom. The molecule has 0 fully saturated rings. The number of sulfone groups is 1. The van der Waals surface area contributed by atoms with Crippen molar-refractivity contribution in [3.63, 3.8) is 0 Å². The average Bonchev–Trinajstić information content (AvgIpc) is 3.18. The number of aryl methyl sites for hydroxylation is 2. The molecule has 3 aromatic rings. The molecule has 0 spiro atoms. The van der Waals surface area contributed by atoms with Gasteiger partial charge in [-0.1, -0.05) is 11.3 Å². The molecule has 0 N–H and O–H groups in total. The number of thiazole rings is 1. The molecule has 0 unspecified atom stereocenters. The lowest BCUT2D eigenvalue weighted by Gasteiger charge is -2.21. The van der Waals surface area contributed by atoms with Crippen LogP contribution in [0.1, 0.15) is 30.4 Å². The van der Waals surface area contributed by atoms with E-state index in [0.717, 1.165) is 23.2 Å². The molecule has 184 valence electrons. The molecular weight excluding hydrogens is 470 g/mol. The lowest BCUT2D eigenvalue weighted by molar-refractivity contribution is -0.118. The number of anilines is 1. The summed E-state index contributed by atoms with van der Waals surface area (Å²) in [6, 6.07) is 10.5. The Kier molecular flexibility index (Phi) is 8.67. The third-order valence-electron chi connectivity index (χ3n) is 5.73. The van der Waals surface area contributed by atoms with Crippen molar-refractivity contribution in [3.05, 3.63) is 47.5 Å². The van der Waals surface area contributed by atoms with E-state index in [-0.39, 0.29) is 29.4 Å². The van der Waals surface area contributed by atoms with E-state index >= 15 is 0 Å². The van der Waals surface area contributed by atoms with Gasteiger partial charge in [-0.2, -0.15) is 0 Å². The van der Waals surface area contributed by atoms with E-state index in [2.05, 4.69) is 30.9 Å². The molecule has 3 rings (SSSR count). The Morgan fingerprint density at radius 1 is 1.03 bits per heavy atom. The van der Waals surface area contributed by atoms with E-state index in [1.54, 1.807) is 17.0 Å². The second-order valence-electron chi connectivity index (χ2n) is 8.70. The molecule has 7 nitrogen and oxygen atoms in total. The zero-order valence-corrected chi connectivity index (χ0v) is 22.1. The molecule has 0 saturated carbocycles. The van der Waals surface area contributed by atoms with Crippen molar-refractivity contribution in [3.8, 4) is 5.75 Å². The molecule has 34 heavy (non-hydrogen) atoms. The van der Waals surface area contributed by atoms with Crippen LogP contribution < -0.4 is 9.64 Å². The number of rotatable bonds is 11. The van der Waals surface area contributed by atoms with Gasteiger partial charge in [0, 0.05) is 13.0 Å². The van der Waals surface area contributed by atoms with Gasteiger partial charge in [-0.25, -0.2) is 13.4 Å². The van der Waals surface area contributed by atoms with Crippen molar-refractivity contribution < 1.29 is 17.9 Å². The number of amides is 1. The lowest BCUT2D eigenvalue weighted by Crippen LogP contribution is -2.33. The summed E-state index contributed by atoms with van der Waals surface area (Å²) < 4.78 is 31.5. The fourth-order valence-corrected chi connectivity index (χ4v) is 6.00. The van der Waals surface area contributed by atoms with Crippen molar-refractivity contribution in [2.45, 2.75) is 38.0 Å². The van der Waals surface area contributed by atoms with Gasteiger partial charge >= 0.3 is 0 Å². The van der Waals surface area contributed by atoms with Gasteiger partial charge in [0.25, 0.3) is 0 Å². The Balaban J connectivity index is 1.72. The van der Waals surface area contributed by atoms with Gasteiger partial charge in [-0.05, 0) is 94.9 Å². The predicted octanol–water partition coefficient (Wildman–Crippen LogP) is 4.46. The topological polar surface area (TPSA) is 79.8 Å². The number of carbonyl (C=O) groups excluding carboxylic acids is 1.